The lowest BCUT2D eigenvalue weighted by Gasteiger charge is -2.35. The van der Waals surface area contributed by atoms with Gasteiger partial charge in [0.2, 0.25) is 11.8 Å². The Balaban J connectivity index is 2.14. The average molecular weight is 358 g/mol. The zero-order chi connectivity index (χ0) is 15.6. The van der Waals surface area contributed by atoms with Gasteiger partial charge in [-0.2, -0.15) is 0 Å². The second-order valence-corrected chi connectivity index (χ2v) is 7.75. The van der Waals surface area contributed by atoms with E-state index in [0.717, 1.165) is 43.9 Å². The van der Waals surface area contributed by atoms with Crippen LogP contribution < -0.4 is 0 Å². The summed E-state index contributed by atoms with van der Waals surface area (Å²) in [6.07, 6.45) is 6.10. The van der Waals surface area contributed by atoms with Crippen molar-refractivity contribution in [2.24, 2.45) is 23.2 Å². The molecule has 1 heterocycles. The van der Waals surface area contributed by atoms with Crippen molar-refractivity contribution in [3.05, 3.63) is 0 Å². The Bertz CT molecular complexity index is 380. The van der Waals surface area contributed by atoms with Gasteiger partial charge in [0.1, 0.15) is 0 Å². The number of nitrogens with zero attached hydrogens (tertiary/aromatic N) is 1. The summed E-state index contributed by atoms with van der Waals surface area (Å²) in [6.45, 7) is 7.12. The van der Waals surface area contributed by atoms with E-state index in [-0.39, 0.29) is 29.1 Å². The number of hydrogen-bond donors (Lipinski definition) is 0. The summed E-state index contributed by atoms with van der Waals surface area (Å²) in [6, 6.07) is 0. The molecule has 0 aromatic heterocycles. The normalized spacial score (nSPS) is 29.3. The molecule has 2 aliphatic rings. The fourth-order valence-corrected chi connectivity index (χ4v) is 5.10. The van der Waals surface area contributed by atoms with Crippen LogP contribution in [0, 0.1) is 23.2 Å². The number of amides is 2. The van der Waals surface area contributed by atoms with E-state index in [4.69, 9.17) is 0 Å². The van der Waals surface area contributed by atoms with Gasteiger partial charge in [-0.15, -0.1) is 0 Å². The van der Waals surface area contributed by atoms with Crippen molar-refractivity contribution >= 4 is 27.7 Å². The molecule has 4 heteroatoms. The molecular formula is C17H28BrNO2. The third-order valence-corrected chi connectivity index (χ3v) is 6.49. The molecule has 1 aliphatic carbocycles. The molecule has 1 saturated carbocycles. The smallest absolute Gasteiger partial charge is 0.233 e. The highest BCUT2D eigenvalue weighted by Crippen LogP contribution is 2.44. The molecule has 2 amide bonds. The molecule has 0 N–H and O–H groups in total. The van der Waals surface area contributed by atoms with Crippen LogP contribution in [0.4, 0.5) is 0 Å². The first kappa shape index (κ1) is 17.0. The molecule has 1 aliphatic heterocycles. The zero-order valence-corrected chi connectivity index (χ0v) is 15.1. The summed E-state index contributed by atoms with van der Waals surface area (Å²) in [7, 11) is 0. The first-order chi connectivity index (χ1) is 9.98. The van der Waals surface area contributed by atoms with Gasteiger partial charge >= 0.3 is 0 Å². The highest BCUT2D eigenvalue weighted by Gasteiger charge is 2.52. The third-order valence-electron chi connectivity index (χ3n) is 5.30. The third kappa shape index (κ3) is 3.20. The molecule has 120 valence electrons. The summed E-state index contributed by atoms with van der Waals surface area (Å²) in [5.74, 6) is 0.675. The largest absolute Gasteiger partial charge is 0.282 e. The first-order valence-electron chi connectivity index (χ1n) is 8.39. The number of fused-ring (bicyclic) bond motifs is 1. The molecule has 1 saturated heterocycles. The molecule has 2 rings (SSSR count). The Morgan fingerprint density at radius 2 is 1.57 bits per heavy atom. The van der Waals surface area contributed by atoms with Gasteiger partial charge in [-0.1, -0.05) is 49.5 Å². The Morgan fingerprint density at radius 1 is 1.10 bits per heavy atom. The number of hydrogen-bond acceptors (Lipinski definition) is 2. The highest BCUT2D eigenvalue weighted by molar-refractivity contribution is 9.09. The second-order valence-electron chi connectivity index (χ2n) is 7.19. The molecule has 2 fully saturated rings. The van der Waals surface area contributed by atoms with Crippen molar-refractivity contribution in [3.63, 3.8) is 0 Å². The van der Waals surface area contributed by atoms with Crippen LogP contribution in [-0.2, 0) is 9.59 Å². The van der Waals surface area contributed by atoms with Crippen LogP contribution in [0.3, 0.4) is 0 Å². The monoisotopic (exact) mass is 357 g/mol. The van der Waals surface area contributed by atoms with Crippen molar-refractivity contribution in [1.82, 2.24) is 4.90 Å². The molecule has 0 aromatic rings. The van der Waals surface area contributed by atoms with Gasteiger partial charge in [-0.05, 0) is 37.0 Å². The highest BCUT2D eigenvalue weighted by atomic mass is 79.9. The minimum Gasteiger partial charge on any atom is -0.282 e. The fourth-order valence-electron chi connectivity index (χ4n) is 4.36. The van der Waals surface area contributed by atoms with E-state index in [1.165, 1.54) is 0 Å². The maximum Gasteiger partial charge on any atom is 0.233 e. The van der Waals surface area contributed by atoms with Crippen molar-refractivity contribution in [2.45, 2.75) is 59.3 Å². The fraction of sp³-hybridized carbons (Fsp3) is 0.882. The minimum atomic E-state index is -0.0243. The number of alkyl halides is 1. The van der Waals surface area contributed by atoms with Crippen LogP contribution in [0.15, 0.2) is 0 Å². The Kier molecular flexibility index (Phi) is 5.50. The van der Waals surface area contributed by atoms with Crippen molar-refractivity contribution in [1.29, 1.82) is 0 Å². The predicted molar refractivity (Wildman–Crippen MR) is 88.1 cm³/mol. The van der Waals surface area contributed by atoms with Gasteiger partial charge in [0.25, 0.3) is 0 Å². The van der Waals surface area contributed by atoms with E-state index in [9.17, 15) is 9.59 Å². The SMILES string of the molecule is CCCC(CBr)(CCC)CN1C(=O)C2CC(C)CC2C1=O. The predicted octanol–water partition coefficient (Wildman–Crippen LogP) is 4.00. The van der Waals surface area contributed by atoms with E-state index in [1.807, 2.05) is 0 Å². The summed E-state index contributed by atoms with van der Waals surface area (Å²) in [4.78, 5) is 26.9. The lowest BCUT2D eigenvalue weighted by atomic mass is 9.80. The van der Waals surface area contributed by atoms with E-state index in [1.54, 1.807) is 4.90 Å². The quantitative estimate of drug-likeness (QED) is 0.510. The molecule has 21 heavy (non-hydrogen) atoms. The number of imide groups is 1. The number of rotatable bonds is 7. The maximum absolute atomic E-state index is 12.6. The van der Waals surface area contributed by atoms with Crippen molar-refractivity contribution < 1.29 is 9.59 Å². The van der Waals surface area contributed by atoms with E-state index in [2.05, 4.69) is 36.7 Å². The average Bonchev–Trinajstić information content (AvgIpc) is 2.93. The summed E-state index contributed by atoms with van der Waals surface area (Å²) >= 11 is 3.64. The molecule has 0 aromatic carbocycles. The Morgan fingerprint density at radius 3 is 1.95 bits per heavy atom. The lowest BCUT2D eigenvalue weighted by Crippen LogP contribution is -2.43. The lowest BCUT2D eigenvalue weighted by molar-refractivity contribution is -0.142. The van der Waals surface area contributed by atoms with E-state index in [0.29, 0.717) is 12.5 Å². The van der Waals surface area contributed by atoms with Gasteiger partial charge < -0.3 is 0 Å². The number of likely N-dealkylation sites (tertiary alicyclic amines) is 1. The van der Waals surface area contributed by atoms with Crippen LogP contribution in [0.25, 0.3) is 0 Å². The molecule has 0 spiro atoms. The molecule has 0 radical (unpaired) electrons. The molecule has 0 bridgehead atoms. The van der Waals surface area contributed by atoms with Gasteiger partial charge in [-0.25, -0.2) is 0 Å². The molecule has 3 nitrogen and oxygen atoms in total. The Hall–Kier alpha value is -0.380. The van der Waals surface area contributed by atoms with Gasteiger partial charge in [-0.3, -0.25) is 14.5 Å². The van der Waals surface area contributed by atoms with Crippen molar-refractivity contribution in [3.8, 4) is 0 Å². The number of carbonyl (C=O) groups is 2. The van der Waals surface area contributed by atoms with E-state index >= 15 is 0 Å². The minimum absolute atomic E-state index is 0.0243. The molecular weight excluding hydrogens is 330 g/mol. The van der Waals surface area contributed by atoms with Crippen molar-refractivity contribution in [2.75, 3.05) is 11.9 Å². The van der Waals surface area contributed by atoms with Gasteiger partial charge in [0.15, 0.2) is 0 Å². The zero-order valence-electron chi connectivity index (χ0n) is 13.5. The van der Waals surface area contributed by atoms with Crippen LogP contribution in [0.2, 0.25) is 0 Å². The topological polar surface area (TPSA) is 37.4 Å². The van der Waals surface area contributed by atoms with Gasteiger partial charge in [0, 0.05) is 11.9 Å². The summed E-state index contributed by atoms with van der Waals surface area (Å²) in [5, 5.41) is 0.866. The molecule has 2 atom stereocenters. The number of halogens is 1. The molecule has 2 unspecified atom stereocenters. The Labute approximate surface area is 137 Å². The maximum atomic E-state index is 12.6. The van der Waals surface area contributed by atoms with Crippen LogP contribution in [0.1, 0.15) is 59.3 Å². The summed E-state index contributed by atoms with van der Waals surface area (Å²) < 4.78 is 0. The second kappa shape index (κ2) is 6.80. The van der Waals surface area contributed by atoms with Crippen LogP contribution in [0.5, 0.6) is 0 Å². The first-order valence-corrected chi connectivity index (χ1v) is 9.51. The van der Waals surface area contributed by atoms with Crippen LogP contribution in [-0.4, -0.2) is 28.6 Å². The van der Waals surface area contributed by atoms with Gasteiger partial charge in [0.05, 0.1) is 11.8 Å². The summed E-state index contributed by atoms with van der Waals surface area (Å²) in [5.41, 5.74) is 0.0546. The van der Waals surface area contributed by atoms with E-state index < -0.39 is 0 Å². The van der Waals surface area contributed by atoms with Crippen LogP contribution >= 0.6 is 15.9 Å². The standard InChI is InChI=1S/C17H28BrNO2/c1-4-6-17(10-18,7-5-2)11-19-15(20)13-8-12(3)9-14(13)16(19)21/h12-14H,4-11H2,1-3H3. The number of carbonyl (C=O) groups excluding carboxylic acids is 2.